The summed E-state index contributed by atoms with van der Waals surface area (Å²) in [5, 5.41) is 3.37. The van der Waals surface area contributed by atoms with Gasteiger partial charge >= 0.3 is 0 Å². The van der Waals surface area contributed by atoms with Crippen LogP contribution in [-0.4, -0.2) is 7.05 Å². The van der Waals surface area contributed by atoms with Gasteiger partial charge < -0.3 is 9.73 Å². The Balaban J connectivity index is 2.28. The first kappa shape index (κ1) is 13.7. The van der Waals surface area contributed by atoms with E-state index in [0.717, 1.165) is 22.3 Å². The van der Waals surface area contributed by atoms with Crippen LogP contribution >= 0.6 is 22.9 Å². The number of hydrogen-bond donors (Lipinski definition) is 1. The molecule has 0 saturated carbocycles. The molecule has 4 heteroatoms. The van der Waals surface area contributed by atoms with Gasteiger partial charge in [0.2, 0.25) is 0 Å². The number of likely N-dealkylation sites (N-methyl/N-ethyl adjacent to an activating group) is 1. The molecule has 0 saturated heterocycles. The fourth-order valence-corrected chi connectivity index (χ4v) is 3.47. The number of thiophene rings is 1. The molecule has 0 aliphatic carbocycles. The lowest BCUT2D eigenvalue weighted by Crippen LogP contribution is -2.19. The molecule has 2 nitrogen and oxygen atoms in total. The summed E-state index contributed by atoms with van der Waals surface area (Å²) in [5.74, 6) is 2.01. The maximum Gasteiger partial charge on any atom is 0.106 e. The molecule has 0 amide bonds. The highest BCUT2D eigenvalue weighted by atomic mass is 35.5. The molecule has 2 heterocycles. The van der Waals surface area contributed by atoms with Crippen molar-refractivity contribution in [1.29, 1.82) is 0 Å². The third kappa shape index (κ3) is 2.63. The van der Waals surface area contributed by atoms with Crippen molar-refractivity contribution >= 4 is 22.9 Å². The summed E-state index contributed by atoms with van der Waals surface area (Å²) in [6.07, 6.45) is 0.939. The van der Waals surface area contributed by atoms with E-state index in [2.05, 4.69) is 18.3 Å². The van der Waals surface area contributed by atoms with Crippen molar-refractivity contribution in [1.82, 2.24) is 5.32 Å². The molecular formula is C14H18ClNOS. The van der Waals surface area contributed by atoms with Gasteiger partial charge in [0.1, 0.15) is 11.5 Å². The zero-order chi connectivity index (χ0) is 13.3. The molecule has 0 aliphatic rings. The molecule has 0 aliphatic heterocycles. The third-order valence-electron chi connectivity index (χ3n) is 3.35. The van der Waals surface area contributed by atoms with Crippen LogP contribution < -0.4 is 5.32 Å². The van der Waals surface area contributed by atoms with Crippen LogP contribution in [0.25, 0.3) is 0 Å². The Kier molecular flexibility index (Phi) is 4.15. The predicted octanol–water partition coefficient (Wildman–Crippen LogP) is 4.42. The number of rotatable bonds is 4. The van der Waals surface area contributed by atoms with E-state index in [1.165, 1.54) is 16.0 Å². The van der Waals surface area contributed by atoms with Gasteiger partial charge in [-0.15, -0.1) is 11.3 Å². The van der Waals surface area contributed by atoms with Gasteiger partial charge in [0, 0.05) is 22.9 Å². The molecule has 1 atom stereocenters. The molecule has 18 heavy (non-hydrogen) atoms. The third-order valence-corrected chi connectivity index (χ3v) is 4.60. The minimum Gasteiger partial charge on any atom is -0.466 e. The fraction of sp³-hybridized carbons (Fsp3) is 0.429. The summed E-state index contributed by atoms with van der Waals surface area (Å²) < 4.78 is 6.55. The number of nitrogens with one attached hydrogen (secondary N) is 1. The molecule has 0 fully saturated rings. The number of aryl methyl sites for hydroxylation is 2. The molecule has 2 aromatic rings. The van der Waals surface area contributed by atoms with Gasteiger partial charge in [-0.05, 0) is 45.5 Å². The second kappa shape index (κ2) is 5.47. The van der Waals surface area contributed by atoms with Crippen molar-refractivity contribution in [3.05, 3.63) is 44.0 Å². The molecule has 0 spiro atoms. The van der Waals surface area contributed by atoms with E-state index >= 15 is 0 Å². The van der Waals surface area contributed by atoms with Gasteiger partial charge in [-0.3, -0.25) is 0 Å². The summed E-state index contributed by atoms with van der Waals surface area (Å²) in [5.41, 5.74) is 2.52. The maximum absolute atomic E-state index is 5.98. The van der Waals surface area contributed by atoms with E-state index in [9.17, 15) is 0 Å². The second-order valence-corrected chi connectivity index (χ2v) is 6.30. The molecule has 2 rings (SSSR count). The van der Waals surface area contributed by atoms with Crippen molar-refractivity contribution in [2.45, 2.75) is 33.2 Å². The van der Waals surface area contributed by atoms with Crippen LogP contribution in [0.1, 0.15) is 33.6 Å². The SMILES string of the molecule is CNC(Cc1ccc(Cl)s1)c1c(C)oc(C)c1C. The van der Waals surface area contributed by atoms with Crippen LogP contribution in [0.2, 0.25) is 4.34 Å². The Morgan fingerprint density at radius 3 is 2.44 bits per heavy atom. The van der Waals surface area contributed by atoms with Crippen molar-refractivity contribution in [2.24, 2.45) is 0 Å². The van der Waals surface area contributed by atoms with Crippen LogP contribution in [-0.2, 0) is 6.42 Å². The zero-order valence-electron chi connectivity index (χ0n) is 11.1. The van der Waals surface area contributed by atoms with E-state index in [0.29, 0.717) is 0 Å². The quantitative estimate of drug-likeness (QED) is 0.898. The number of furan rings is 1. The molecule has 0 bridgehead atoms. The molecule has 0 radical (unpaired) electrons. The average Bonchev–Trinajstić information content (AvgIpc) is 2.82. The van der Waals surface area contributed by atoms with E-state index < -0.39 is 0 Å². The van der Waals surface area contributed by atoms with Gasteiger partial charge in [-0.25, -0.2) is 0 Å². The van der Waals surface area contributed by atoms with Crippen molar-refractivity contribution in [3.63, 3.8) is 0 Å². The lowest BCUT2D eigenvalue weighted by atomic mass is 9.99. The minimum atomic E-state index is 0.275. The summed E-state index contributed by atoms with van der Waals surface area (Å²) in [4.78, 5) is 1.29. The first-order valence-electron chi connectivity index (χ1n) is 6.01. The van der Waals surface area contributed by atoms with E-state index in [4.69, 9.17) is 16.0 Å². The molecule has 0 aromatic carbocycles. The minimum absolute atomic E-state index is 0.275. The first-order valence-corrected chi connectivity index (χ1v) is 7.20. The van der Waals surface area contributed by atoms with Gasteiger partial charge in [0.15, 0.2) is 0 Å². The van der Waals surface area contributed by atoms with E-state index in [-0.39, 0.29) is 6.04 Å². The van der Waals surface area contributed by atoms with Crippen LogP contribution in [0, 0.1) is 20.8 Å². The smallest absolute Gasteiger partial charge is 0.106 e. The van der Waals surface area contributed by atoms with Gasteiger partial charge in [0.25, 0.3) is 0 Å². The topological polar surface area (TPSA) is 25.2 Å². The lowest BCUT2D eigenvalue weighted by Gasteiger charge is -2.16. The average molecular weight is 284 g/mol. The monoisotopic (exact) mass is 283 g/mol. The Morgan fingerprint density at radius 1 is 1.28 bits per heavy atom. The second-order valence-electron chi connectivity index (χ2n) is 4.50. The predicted molar refractivity (Wildman–Crippen MR) is 77.8 cm³/mol. The maximum atomic E-state index is 5.98. The van der Waals surface area contributed by atoms with Crippen molar-refractivity contribution in [2.75, 3.05) is 7.05 Å². The van der Waals surface area contributed by atoms with Crippen molar-refractivity contribution < 1.29 is 4.42 Å². The number of hydrogen-bond acceptors (Lipinski definition) is 3. The van der Waals surface area contributed by atoms with Crippen LogP contribution in [0.4, 0.5) is 0 Å². The van der Waals surface area contributed by atoms with Crippen LogP contribution in [0.5, 0.6) is 0 Å². The Bertz CT molecular complexity index is 544. The lowest BCUT2D eigenvalue weighted by molar-refractivity contribution is 0.490. The summed E-state index contributed by atoms with van der Waals surface area (Å²) in [6, 6.07) is 4.32. The Morgan fingerprint density at radius 2 is 2.00 bits per heavy atom. The molecule has 2 aromatic heterocycles. The fourth-order valence-electron chi connectivity index (χ4n) is 2.33. The zero-order valence-corrected chi connectivity index (χ0v) is 12.7. The van der Waals surface area contributed by atoms with Crippen LogP contribution in [0.3, 0.4) is 0 Å². The van der Waals surface area contributed by atoms with Gasteiger partial charge in [-0.1, -0.05) is 11.6 Å². The Labute approximate surface area is 117 Å². The highest BCUT2D eigenvalue weighted by Gasteiger charge is 2.20. The standard InChI is InChI=1S/C14H18ClNOS/c1-8-9(2)17-10(3)14(8)12(16-4)7-11-5-6-13(15)18-11/h5-6,12,16H,7H2,1-4H3. The highest BCUT2D eigenvalue weighted by molar-refractivity contribution is 7.16. The first-order chi connectivity index (χ1) is 8.52. The normalized spacial score (nSPS) is 12.9. The summed E-state index contributed by atoms with van der Waals surface area (Å²) >= 11 is 7.62. The molecular weight excluding hydrogens is 266 g/mol. The van der Waals surface area contributed by atoms with E-state index in [1.807, 2.05) is 27.0 Å². The van der Waals surface area contributed by atoms with Gasteiger partial charge in [0.05, 0.1) is 4.34 Å². The van der Waals surface area contributed by atoms with E-state index in [1.54, 1.807) is 11.3 Å². The summed E-state index contributed by atoms with van der Waals surface area (Å²) in [7, 11) is 1.99. The highest BCUT2D eigenvalue weighted by Crippen LogP contribution is 2.31. The largest absolute Gasteiger partial charge is 0.466 e. The molecule has 98 valence electrons. The summed E-state index contributed by atoms with van der Waals surface area (Å²) in [6.45, 7) is 6.16. The van der Waals surface area contributed by atoms with Crippen LogP contribution in [0.15, 0.2) is 16.5 Å². The molecule has 1 N–H and O–H groups in total. The van der Waals surface area contributed by atoms with Crippen molar-refractivity contribution in [3.8, 4) is 0 Å². The molecule has 1 unspecified atom stereocenters. The van der Waals surface area contributed by atoms with Gasteiger partial charge in [-0.2, -0.15) is 0 Å². The number of halogens is 1. The Hall–Kier alpha value is -0.770.